The van der Waals surface area contributed by atoms with Gasteiger partial charge in [0.25, 0.3) is 0 Å². The summed E-state index contributed by atoms with van der Waals surface area (Å²) in [6.07, 6.45) is 0.521. The Kier molecular flexibility index (Phi) is 3.63. The molecule has 1 heterocycles. The van der Waals surface area contributed by atoms with Crippen LogP contribution in [0.4, 0.5) is 10.1 Å². The molecule has 0 aliphatic carbocycles. The van der Waals surface area contributed by atoms with Crippen molar-refractivity contribution in [3.63, 3.8) is 0 Å². The van der Waals surface area contributed by atoms with E-state index in [4.69, 9.17) is 5.14 Å². The summed E-state index contributed by atoms with van der Waals surface area (Å²) in [6, 6.07) is 2.97. The number of hydrogen-bond donors (Lipinski definition) is 1. The summed E-state index contributed by atoms with van der Waals surface area (Å²) >= 11 is 0. The first kappa shape index (κ1) is 15.6. The lowest BCUT2D eigenvalue weighted by Gasteiger charge is -2.20. The quantitative estimate of drug-likeness (QED) is 0.846. The van der Waals surface area contributed by atoms with Crippen molar-refractivity contribution in [2.45, 2.75) is 31.6 Å². The predicted molar refractivity (Wildman–Crippen MR) is 73.3 cm³/mol. The van der Waals surface area contributed by atoms with Crippen LogP contribution in [0.15, 0.2) is 23.1 Å². The average Bonchev–Trinajstić information content (AvgIpc) is 2.59. The number of anilines is 1. The Morgan fingerprint density at radius 3 is 2.43 bits per heavy atom. The van der Waals surface area contributed by atoms with Gasteiger partial charge >= 0.3 is 0 Å². The zero-order valence-corrected chi connectivity index (χ0v) is 12.4. The Morgan fingerprint density at radius 1 is 1.38 bits per heavy atom. The first-order chi connectivity index (χ1) is 9.60. The lowest BCUT2D eigenvalue weighted by molar-refractivity contribution is -0.125. The lowest BCUT2D eigenvalue weighted by atomic mass is 9.86. The number of carbonyl (C=O) groups excluding carboxylic acids is 2. The maximum atomic E-state index is 13.8. The molecule has 1 aliphatic heterocycles. The van der Waals surface area contributed by atoms with Crippen LogP contribution in [0.2, 0.25) is 0 Å². The number of sulfonamides is 1. The summed E-state index contributed by atoms with van der Waals surface area (Å²) < 4.78 is 36.1. The summed E-state index contributed by atoms with van der Waals surface area (Å²) in [4.78, 5) is 24.5. The van der Waals surface area contributed by atoms with Crippen molar-refractivity contribution in [3.05, 3.63) is 24.0 Å². The Balaban J connectivity index is 2.47. The molecule has 2 amide bonds. The Bertz CT molecular complexity index is 732. The third kappa shape index (κ3) is 2.56. The second-order valence-electron chi connectivity index (χ2n) is 5.29. The molecule has 2 rings (SSSR count). The first-order valence-corrected chi connectivity index (χ1v) is 7.84. The van der Waals surface area contributed by atoms with Crippen molar-refractivity contribution >= 4 is 27.5 Å². The zero-order chi connectivity index (χ0) is 16.0. The minimum atomic E-state index is -4.19. The molecule has 2 N–H and O–H groups in total. The summed E-state index contributed by atoms with van der Waals surface area (Å²) in [6.45, 7) is 3.46. The average molecular weight is 314 g/mol. The van der Waals surface area contributed by atoms with Crippen LogP contribution in [-0.2, 0) is 19.6 Å². The van der Waals surface area contributed by atoms with Gasteiger partial charge in [-0.3, -0.25) is 9.59 Å². The standard InChI is InChI=1S/C13H15FN2O4S/c1-3-13(2)7-11(17)16(12(13)18)8-4-5-10(9(14)6-8)21(15,19)20/h4-6H,3,7H2,1-2H3,(H2,15,19,20). The fourth-order valence-electron chi connectivity index (χ4n) is 2.27. The number of amides is 2. The van der Waals surface area contributed by atoms with Gasteiger partial charge in [0.15, 0.2) is 0 Å². The summed E-state index contributed by atoms with van der Waals surface area (Å²) in [5, 5.41) is 4.87. The normalized spacial score (nSPS) is 23.0. The molecule has 0 saturated carbocycles. The largest absolute Gasteiger partial charge is 0.274 e. The van der Waals surface area contributed by atoms with Crippen LogP contribution in [-0.4, -0.2) is 20.2 Å². The van der Waals surface area contributed by atoms with Gasteiger partial charge in [-0.1, -0.05) is 13.8 Å². The van der Waals surface area contributed by atoms with E-state index >= 15 is 0 Å². The van der Waals surface area contributed by atoms with Crippen LogP contribution in [0, 0.1) is 11.2 Å². The van der Waals surface area contributed by atoms with Crippen molar-refractivity contribution in [1.29, 1.82) is 0 Å². The molecule has 114 valence electrons. The summed E-state index contributed by atoms with van der Waals surface area (Å²) in [5.41, 5.74) is -0.807. The van der Waals surface area contributed by atoms with Gasteiger partial charge in [-0.25, -0.2) is 22.8 Å². The maximum Gasteiger partial charge on any atom is 0.240 e. The molecule has 8 heteroatoms. The Labute approximate surface area is 121 Å². The van der Waals surface area contributed by atoms with E-state index in [9.17, 15) is 22.4 Å². The van der Waals surface area contributed by atoms with E-state index in [0.29, 0.717) is 6.42 Å². The minimum absolute atomic E-state index is 0.00655. The lowest BCUT2D eigenvalue weighted by Crippen LogP contribution is -2.34. The second kappa shape index (κ2) is 4.88. The number of hydrogen-bond acceptors (Lipinski definition) is 4. The number of halogens is 1. The van der Waals surface area contributed by atoms with Crippen molar-refractivity contribution in [2.75, 3.05) is 4.90 Å². The third-order valence-corrected chi connectivity index (χ3v) is 4.71. The van der Waals surface area contributed by atoms with Crippen LogP contribution >= 0.6 is 0 Å². The number of carbonyl (C=O) groups is 2. The third-order valence-electron chi connectivity index (χ3n) is 3.77. The molecule has 0 radical (unpaired) electrons. The first-order valence-electron chi connectivity index (χ1n) is 6.30. The molecule has 1 unspecified atom stereocenters. The smallest absolute Gasteiger partial charge is 0.240 e. The molecule has 0 spiro atoms. The van der Waals surface area contributed by atoms with Gasteiger partial charge in [0.1, 0.15) is 10.7 Å². The number of benzene rings is 1. The van der Waals surface area contributed by atoms with E-state index < -0.39 is 38.0 Å². The van der Waals surface area contributed by atoms with E-state index in [1.807, 2.05) is 0 Å². The van der Waals surface area contributed by atoms with Gasteiger partial charge in [0.2, 0.25) is 21.8 Å². The molecular formula is C13H15FN2O4S. The monoisotopic (exact) mass is 314 g/mol. The second-order valence-corrected chi connectivity index (χ2v) is 6.81. The van der Waals surface area contributed by atoms with Crippen molar-refractivity contribution in [3.8, 4) is 0 Å². The van der Waals surface area contributed by atoms with Crippen LogP contribution in [0.3, 0.4) is 0 Å². The predicted octanol–water partition coefficient (Wildman–Crippen LogP) is 1.15. The van der Waals surface area contributed by atoms with E-state index in [2.05, 4.69) is 0 Å². The van der Waals surface area contributed by atoms with Crippen molar-refractivity contribution in [1.82, 2.24) is 0 Å². The SMILES string of the molecule is CCC1(C)CC(=O)N(c2ccc(S(N)(=O)=O)c(F)c2)C1=O. The Hall–Kier alpha value is -1.80. The number of nitrogens with zero attached hydrogens (tertiary/aromatic N) is 1. The number of primary sulfonamides is 1. The number of imide groups is 1. The molecule has 0 aromatic heterocycles. The highest BCUT2D eigenvalue weighted by Crippen LogP contribution is 2.38. The molecular weight excluding hydrogens is 299 g/mol. The molecule has 1 aromatic carbocycles. The molecule has 1 fully saturated rings. The van der Waals surface area contributed by atoms with E-state index in [0.717, 1.165) is 17.0 Å². The Morgan fingerprint density at radius 2 is 2.00 bits per heavy atom. The minimum Gasteiger partial charge on any atom is -0.274 e. The summed E-state index contributed by atoms with van der Waals surface area (Å²) in [7, 11) is -4.19. The zero-order valence-electron chi connectivity index (χ0n) is 11.6. The van der Waals surface area contributed by atoms with Gasteiger partial charge in [-0.2, -0.15) is 0 Å². The topological polar surface area (TPSA) is 97.5 Å². The van der Waals surface area contributed by atoms with Crippen molar-refractivity contribution in [2.24, 2.45) is 10.6 Å². The molecule has 1 saturated heterocycles. The number of rotatable bonds is 3. The van der Waals surface area contributed by atoms with Crippen LogP contribution in [0.1, 0.15) is 26.7 Å². The van der Waals surface area contributed by atoms with Crippen molar-refractivity contribution < 1.29 is 22.4 Å². The van der Waals surface area contributed by atoms with Crippen LogP contribution in [0.25, 0.3) is 0 Å². The van der Waals surface area contributed by atoms with E-state index in [1.54, 1.807) is 13.8 Å². The fraction of sp³-hybridized carbons (Fsp3) is 0.385. The van der Waals surface area contributed by atoms with E-state index in [1.165, 1.54) is 6.07 Å². The number of nitrogens with two attached hydrogens (primary N) is 1. The molecule has 21 heavy (non-hydrogen) atoms. The van der Waals surface area contributed by atoms with Gasteiger partial charge in [0.05, 0.1) is 11.1 Å². The highest BCUT2D eigenvalue weighted by molar-refractivity contribution is 7.89. The van der Waals surface area contributed by atoms with Crippen LogP contribution in [0.5, 0.6) is 0 Å². The molecule has 1 aliphatic rings. The maximum absolute atomic E-state index is 13.8. The molecule has 1 aromatic rings. The van der Waals surface area contributed by atoms with Gasteiger partial charge < -0.3 is 0 Å². The van der Waals surface area contributed by atoms with E-state index in [-0.39, 0.29) is 12.1 Å². The fourth-order valence-corrected chi connectivity index (χ4v) is 2.86. The van der Waals surface area contributed by atoms with Gasteiger partial charge in [-0.15, -0.1) is 0 Å². The van der Waals surface area contributed by atoms with Crippen LogP contribution < -0.4 is 10.0 Å². The highest BCUT2D eigenvalue weighted by Gasteiger charge is 2.47. The molecule has 6 nitrogen and oxygen atoms in total. The van der Waals surface area contributed by atoms with Gasteiger partial charge in [-0.05, 0) is 24.6 Å². The molecule has 1 atom stereocenters. The van der Waals surface area contributed by atoms with Gasteiger partial charge in [0, 0.05) is 6.42 Å². The summed E-state index contributed by atoms with van der Waals surface area (Å²) in [5.74, 6) is -1.95. The highest BCUT2D eigenvalue weighted by atomic mass is 32.2. The molecule has 0 bridgehead atoms.